The lowest BCUT2D eigenvalue weighted by atomic mass is 10.1. The molecule has 0 saturated carbocycles. The maximum atomic E-state index is 4.33. The van der Waals surface area contributed by atoms with E-state index in [-0.39, 0.29) is 5.54 Å². The number of aryl methyl sites for hydroxylation is 3. The van der Waals surface area contributed by atoms with Crippen LogP contribution in [0.25, 0.3) is 0 Å². The third-order valence-corrected chi connectivity index (χ3v) is 2.36. The van der Waals surface area contributed by atoms with Crippen LogP contribution in [0.5, 0.6) is 0 Å². The van der Waals surface area contributed by atoms with Crippen molar-refractivity contribution in [2.24, 2.45) is 7.05 Å². The molecule has 1 aromatic rings. The molecule has 1 rings (SSSR count). The van der Waals surface area contributed by atoms with Crippen molar-refractivity contribution in [2.75, 3.05) is 6.54 Å². The Hall–Kier alpha value is -0.830. The first-order chi connectivity index (χ1) is 6.88. The van der Waals surface area contributed by atoms with Gasteiger partial charge in [0, 0.05) is 18.3 Å². The van der Waals surface area contributed by atoms with Crippen molar-refractivity contribution in [3.05, 3.63) is 17.5 Å². The Morgan fingerprint density at radius 3 is 2.53 bits per heavy atom. The summed E-state index contributed by atoms with van der Waals surface area (Å²) >= 11 is 0. The molecule has 1 aromatic heterocycles. The maximum Gasteiger partial charge on any atom is 0.0596 e. The van der Waals surface area contributed by atoms with Crippen LogP contribution in [0.2, 0.25) is 0 Å². The fourth-order valence-corrected chi connectivity index (χ4v) is 1.63. The van der Waals surface area contributed by atoms with E-state index in [4.69, 9.17) is 0 Å². The Morgan fingerprint density at radius 1 is 1.40 bits per heavy atom. The normalized spacial score (nSPS) is 12.1. The number of nitrogens with one attached hydrogen (secondary N) is 1. The third-order valence-electron chi connectivity index (χ3n) is 2.36. The van der Waals surface area contributed by atoms with E-state index in [0.717, 1.165) is 25.1 Å². The first-order valence-corrected chi connectivity index (χ1v) is 5.63. The molecule has 1 N–H and O–H groups in total. The fourth-order valence-electron chi connectivity index (χ4n) is 1.63. The fraction of sp³-hybridized carbons (Fsp3) is 0.750. The topological polar surface area (TPSA) is 29.9 Å². The summed E-state index contributed by atoms with van der Waals surface area (Å²) in [4.78, 5) is 0. The predicted molar refractivity (Wildman–Crippen MR) is 64.0 cm³/mol. The molecule has 0 unspecified atom stereocenters. The van der Waals surface area contributed by atoms with Crippen LogP contribution in [-0.4, -0.2) is 21.9 Å². The Bertz CT molecular complexity index is 307. The predicted octanol–water partition coefficient (Wildman–Crippen LogP) is 2.05. The highest BCUT2D eigenvalue weighted by atomic mass is 15.3. The first kappa shape index (κ1) is 12.2. The average molecular weight is 209 g/mol. The second kappa shape index (κ2) is 4.79. The van der Waals surface area contributed by atoms with Crippen molar-refractivity contribution in [3.8, 4) is 0 Å². The highest BCUT2D eigenvalue weighted by molar-refractivity contribution is 5.08. The van der Waals surface area contributed by atoms with Crippen molar-refractivity contribution in [1.82, 2.24) is 15.1 Å². The van der Waals surface area contributed by atoms with Crippen LogP contribution in [0.4, 0.5) is 0 Å². The molecule has 0 fully saturated rings. The van der Waals surface area contributed by atoms with Gasteiger partial charge in [0.05, 0.1) is 5.69 Å². The molecule has 0 radical (unpaired) electrons. The molecule has 0 atom stereocenters. The lowest BCUT2D eigenvalue weighted by Gasteiger charge is -2.20. The van der Waals surface area contributed by atoms with Gasteiger partial charge in [0.1, 0.15) is 0 Å². The van der Waals surface area contributed by atoms with Gasteiger partial charge in [0.2, 0.25) is 0 Å². The van der Waals surface area contributed by atoms with Gasteiger partial charge in [-0.3, -0.25) is 4.68 Å². The van der Waals surface area contributed by atoms with Crippen LogP contribution in [0.15, 0.2) is 6.07 Å². The Balaban J connectivity index is 2.29. The standard InChI is InChI=1S/C12H23N3/c1-10-9-11(15(5)14-10)7-6-8-13-12(2,3)4/h9,13H,6-8H2,1-5H3. The summed E-state index contributed by atoms with van der Waals surface area (Å²) < 4.78 is 1.98. The van der Waals surface area contributed by atoms with Crippen molar-refractivity contribution < 1.29 is 0 Å². The first-order valence-electron chi connectivity index (χ1n) is 5.63. The van der Waals surface area contributed by atoms with Gasteiger partial charge >= 0.3 is 0 Å². The lowest BCUT2D eigenvalue weighted by molar-refractivity contribution is 0.421. The molecule has 3 heteroatoms. The average Bonchev–Trinajstić information content (AvgIpc) is 2.37. The quantitative estimate of drug-likeness (QED) is 0.769. The van der Waals surface area contributed by atoms with Crippen LogP contribution in [0.1, 0.15) is 38.6 Å². The molecule has 0 spiro atoms. The van der Waals surface area contributed by atoms with Crippen LogP contribution < -0.4 is 5.32 Å². The Labute approximate surface area is 92.9 Å². The molecule has 0 aliphatic carbocycles. The van der Waals surface area contributed by atoms with E-state index in [1.165, 1.54) is 5.69 Å². The van der Waals surface area contributed by atoms with Gasteiger partial charge < -0.3 is 5.32 Å². The molecule has 3 nitrogen and oxygen atoms in total. The van der Waals surface area contributed by atoms with Gasteiger partial charge in [-0.25, -0.2) is 0 Å². The monoisotopic (exact) mass is 209 g/mol. The van der Waals surface area contributed by atoms with Gasteiger partial charge in [0.25, 0.3) is 0 Å². The van der Waals surface area contributed by atoms with E-state index < -0.39 is 0 Å². The molecule has 86 valence electrons. The van der Waals surface area contributed by atoms with E-state index in [9.17, 15) is 0 Å². The Kier molecular flexibility index (Phi) is 3.91. The molecule has 0 aliphatic heterocycles. The summed E-state index contributed by atoms with van der Waals surface area (Å²) in [6.45, 7) is 9.69. The molecular formula is C12H23N3. The van der Waals surface area contributed by atoms with Crippen LogP contribution in [0.3, 0.4) is 0 Å². The van der Waals surface area contributed by atoms with Gasteiger partial charge in [-0.05, 0) is 53.1 Å². The van der Waals surface area contributed by atoms with Crippen molar-refractivity contribution >= 4 is 0 Å². The van der Waals surface area contributed by atoms with E-state index in [2.05, 4.69) is 37.3 Å². The second-order valence-corrected chi connectivity index (χ2v) is 5.18. The highest BCUT2D eigenvalue weighted by Crippen LogP contribution is 2.05. The van der Waals surface area contributed by atoms with Gasteiger partial charge in [-0.1, -0.05) is 0 Å². The summed E-state index contributed by atoms with van der Waals surface area (Å²) in [5, 5.41) is 7.82. The van der Waals surface area contributed by atoms with Crippen molar-refractivity contribution in [3.63, 3.8) is 0 Å². The van der Waals surface area contributed by atoms with Crippen LogP contribution >= 0.6 is 0 Å². The van der Waals surface area contributed by atoms with Crippen LogP contribution in [0, 0.1) is 6.92 Å². The number of nitrogens with zero attached hydrogens (tertiary/aromatic N) is 2. The molecule has 0 amide bonds. The van der Waals surface area contributed by atoms with Crippen molar-refractivity contribution in [2.45, 2.75) is 46.1 Å². The van der Waals surface area contributed by atoms with Gasteiger partial charge in [0.15, 0.2) is 0 Å². The molecule has 15 heavy (non-hydrogen) atoms. The molecule has 1 heterocycles. The number of aromatic nitrogens is 2. The summed E-state index contributed by atoms with van der Waals surface area (Å²) in [7, 11) is 2.01. The SMILES string of the molecule is Cc1cc(CCCNC(C)(C)C)n(C)n1. The zero-order chi connectivity index (χ0) is 11.5. The van der Waals surface area contributed by atoms with E-state index in [0.29, 0.717) is 0 Å². The summed E-state index contributed by atoms with van der Waals surface area (Å²) in [5.74, 6) is 0. The molecule has 0 bridgehead atoms. The Morgan fingerprint density at radius 2 is 2.07 bits per heavy atom. The van der Waals surface area contributed by atoms with Crippen LogP contribution in [-0.2, 0) is 13.5 Å². The molecule has 0 saturated heterocycles. The summed E-state index contributed by atoms with van der Waals surface area (Å²) in [5.41, 5.74) is 2.65. The molecule has 0 aromatic carbocycles. The lowest BCUT2D eigenvalue weighted by Crippen LogP contribution is -2.36. The summed E-state index contributed by atoms with van der Waals surface area (Å²) in [6, 6.07) is 2.16. The van der Waals surface area contributed by atoms with Crippen molar-refractivity contribution in [1.29, 1.82) is 0 Å². The van der Waals surface area contributed by atoms with E-state index in [1.807, 2.05) is 18.7 Å². The number of hydrogen-bond donors (Lipinski definition) is 1. The highest BCUT2D eigenvalue weighted by Gasteiger charge is 2.08. The van der Waals surface area contributed by atoms with E-state index >= 15 is 0 Å². The minimum absolute atomic E-state index is 0.225. The number of hydrogen-bond acceptors (Lipinski definition) is 2. The molecular weight excluding hydrogens is 186 g/mol. The zero-order valence-corrected chi connectivity index (χ0v) is 10.6. The van der Waals surface area contributed by atoms with Gasteiger partial charge in [-0.2, -0.15) is 5.10 Å². The number of rotatable bonds is 4. The minimum Gasteiger partial charge on any atom is -0.312 e. The molecule has 0 aliphatic rings. The smallest absolute Gasteiger partial charge is 0.0596 e. The zero-order valence-electron chi connectivity index (χ0n) is 10.6. The second-order valence-electron chi connectivity index (χ2n) is 5.18. The largest absolute Gasteiger partial charge is 0.312 e. The van der Waals surface area contributed by atoms with Gasteiger partial charge in [-0.15, -0.1) is 0 Å². The third kappa shape index (κ3) is 4.47. The summed E-state index contributed by atoms with van der Waals surface area (Å²) in [6.07, 6.45) is 2.26. The maximum absolute atomic E-state index is 4.33. The van der Waals surface area contributed by atoms with E-state index in [1.54, 1.807) is 0 Å². The minimum atomic E-state index is 0.225.